The van der Waals surface area contributed by atoms with Crippen LogP contribution in [0.5, 0.6) is 0 Å². The summed E-state index contributed by atoms with van der Waals surface area (Å²) in [5.41, 5.74) is 1.66. The van der Waals surface area contributed by atoms with Crippen LogP contribution in [-0.4, -0.2) is 35.0 Å². The molecule has 19 heavy (non-hydrogen) atoms. The molecule has 5 heteroatoms. The molecule has 1 aromatic carbocycles. The molecule has 0 spiro atoms. The van der Waals surface area contributed by atoms with Crippen LogP contribution in [0, 0.1) is 6.92 Å². The molecule has 5 nitrogen and oxygen atoms in total. The molecule has 0 saturated carbocycles. The highest BCUT2D eigenvalue weighted by Crippen LogP contribution is 2.19. The number of carbonyl (C=O) groups excluding carboxylic acids is 1. The minimum absolute atomic E-state index is 0.0637. The molecule has 1 aromatic heterocycles. The number of epoxide rings is 1. The average Bonchev–Trinajstić information content (AvgIpc) is 3.18. The predicted molar refractivity (Wildman–Crippen MR) is 68.9 cm³/mol. The zero-order chi connectivity index (χ0) is 13.2. The molecule has 0 radical (unpaired) electrons. The van der Waals surface area contributed by atoms with Crippen LogP contribution in [0.1, 0.15) is 5.69 Å². The fourth-order valence-corrected chi connectivity index (χ4v) is 1.83. The molecular formula is C14H14N2O3. The molecule has 1 aliphatic heterocycles. The quantitative estimate of drug-likeness (QED) is 0.792. The van der Waals surface area contributed by atoms with Crippen LogP contribution in [0.3, 0.4) is 0 Å². The largest absolute Gasteiger partial charge is 0.446 e. The maximum atomic E-state index is 12.0. The molecule has 1 saturated heterocycles. The molecule has 0 bridgehead atoms. The van der Waals surface area contributed by atoms with E-state index in [2.05, 4.69) is 4.98 Å². The molecule has 0 N–H and O–H groups in total. The van der Waals surface area contributed by atoms with Crippen molar-refractivity contribution in [3.05, 3.63) is 42.2 Å². The Kier molecular flexibility index (Phi) is 3.05. The number of hydrogen-bond donors (Lipinski definition) is 0. The van der Waals surface area contributed by atoms with Gasteiger partial charge in [0.05, 0.1) is 12.3 Å². The van der Waals surface area contributed by atoms with Gasteiger partial charge in [-0.25, -0.2) is 14.3 Å². The lowest BCUT2D eigenvalue weighted by molar-refractivity contribution is 0.138. The SMILES string of the molecule is Cc1cn(C(=O)OCC2CO2)c(-c2ccccc2)n1. The molecule has 3 rings (SSSR count). The van der Waals surface area contributed by atoms with Crippen molar-refractivity contribution >= 4 is 6.09 Å². The summed E-state index contributed by atoms with van der Waals surface area (Å²) in [5, 5.41) is 0. The van der Waals surface area contributed by atoms with E-state index in [-0.39, 0.29) is 6.10 Å². The van der Waals surface area contributed by atoms with Gasteiger partial charge < -0.3 is 9.47 Å². The topological polar surface area (TPSA) is 56.6 Å². The standard InChI is InChI=1S/C14H14N2O3/c1-10-7-16(14(17)19-9-12-8-18-12)13(15-10)11-5-3-2-4-6-11/h2-7,12H,8-9H2,1H3. The highest BCUT2D eigenvalue weighted by Gasteiger charge is 2.25. The van der Waals surface area contributed by atoms with Crippen LogP contribution in [0.25, 0.3) is 11.4 Å². The van der Waals surface area contributed by atoms with E-state index < -0.39 is 6.09 Å². The van der Waals surface area contributed by atoms with Gasteiger partial charge in [-0.2, -0.15) is 0 Å². The van der Waals surface area contributed by atoms with Crippen LogP contribution < -0.4 is 0 Å². The number of imidazole rings is 1. The van der Waals surface area contributed by atoms with Crippen molar-refractivity contribution in [2.45, 2.75) is 13.0 Å². The van der Waals surface area contributed by atoms with Gasteiger partial charge in [-0.15, -0.1) is 0 Å². The van der Waals surface area contributed by atoms with Gasteiger partial charge in [0.2, 0.25) is 0 Å². The van der Waals surface area contributed by atoms with E-state index in [4.69, 9.17) is 9.47 Å². The normalized spacial score (nSPS) is 17.2. The number of aryl methyl sites for hydroxylation is 1. The second-order valence-electron chi connectivity index (χ2n) is 4.47. The molecule has 2 heterocycles. The molecule has 0 aliphatic carbocycles. The Hall–Kier alpha value is -2.14. The van der Waals surface area contributed by atoms with Crippen LogP contribution in [0.4, 0.5) is 4.79 Å². The molecule has 1 atom stereocenters. The summed E-state index contributed by atoms with van der Waals surface area (Å²) < 4.78 is 11.6. The zero-order valence-electron chi connectivity index (χ0n) is 10.6. The summed E-state index contributed by atoms with van der Waals surface area (Å²) in [6.45, 7) is 2.81. The van der Waals surface area contributed by atoms with Crippen LogP contribution in [-0.2, 0) is 9.47 Å². The second-order valence-corrected chi connectivity index (χ2v) is 4.47. The van der Waals surface area contributed by atoms with E-state index in [9.17, 15) is 4.79 Å². The monoisotopic (exact) mass is 258 g/mol. The maximum Gasteiger partial charge on any atom is 0.419 e. The molecule has 0 amide bonds. The third-order valence-electron chi connectivity index (χ3n) is 2.85. The maximum absolute atomic E-state index is 12.0. The Morgan fingerprint density at radius 3 is 2.89 bits per heavy atom. The van der Waals surface area contributed by atoms with Crippen LogP contribution in [0.15, 0.2) is 36.5 Å². The summed E-state index contributed by atoms with van der Waals surface area (Å²) >= 11 is 0. The van der Waals surface area contributed by atoms with E-state index in [1.165, 1.54) is 4.57 Å². The van der Waals surface area contributed by atoms with Crippen molar-refractivity contribution in [1.82, 2.24) is 9.55 Å². The molecule has 1 aliphatic rings. The molecule has 1 fully saturated rings. The minimum Gasteiger partial charge on any atom is -0.446 e. The average molecular weight is 258 g/mol. The van der Waals surface area contributed by atoms with Crippen molar-refractivity contribution in [3.8, 4) is 11.4 Å². The van der Waals surface area contributed by atoms with Gasteiger partial charge >= 0.3 is 6.09 Å². The summed E-state index contributed by atoms with van der Waals surface area (Å²) in [5.74, 6) is 0.597. The molecular weight excluding hydrogens is 244 g/mol. The van der Waals surface area contributed by atoms with Crippen molar-refractivity contribution < 1.29 is 14.3 Å². The number of benzene rings is 1. The van der Waals surface area contributed by atoms with E-state index in [1.54, 1.807) is 6.20 Å². The van der Waals surface area contributed by atoms with Crippen molar-refractivity contribution in [2.24, 2.45) is 0 Å². The van der Waals surface area contributed by atoms with Gasteiger partial charge in [0.15, 0.2) is 0 Å². The van der Waals surface area contributed by atoms with E-state index in [1.807, 2.05) is 37.3 Å². The van der Waals surface area contributed by atoms with Gasteiger partial charge in [-0.05, 0) is 6.92 Å². The lowest BCUT2D eigenvalue weighted by Gasteiger charge is -2.06. The van der Waals surface area contributed by atoms with E-state index in [0.29, 0.717) is 19.0 Å². The van der Waals surface area contributed by atoms with Gasteiger partial charge in [-0.1, -0.05) is 30.3 Å². The third-order valence-corrected chi connectivity index (χ3v) is 2.85. The number of ether oxygens (including phenoxy) is 2. The highest BCUT2D eigenvalue weighted by atomic mass is 16.6. The number of nitrogens with zero attached hydrogens (tertiary/aromatic N) is 2. The first-order valence-electron chi connectivity index (χ1n) is 6.14. The zero-order valence-corrected chi connectivity index (χ0v) is 10.6. The van der Waals surface area contributed by atoms with Gasteiger partial charge in [-0.3, -0.25) is 0 Å². The number of carbonyl (C=O) groups is 1. The van der Waals surface area contributed by atoms with Crippen molar-refractivity contribution in [2.75, 3.05) is 13.2 Å². The first kappa shape index (κ1) is 11.9. The Labute approximate surface area is 110 Å². The summed E-state index contributed by atoms with van der Waals surface area (Å²) in [6.07, 6.45) is 1.32. The smallest absolute Gasteiger partial charge is 0.419 e. The fraction of sp³-hybridized carbons (Fsp3) is 0.286. The first-order chi connectivity index (χ1) is 9.24. The minimum atomic E-state index is -0.421. The predicted octanol–water partition coefficient (Wildman–Crippen LogP) is 2.24. The first-order valence-corrected chi connectivity index (χ1v) is 6.14. The summed E-state index contributed by atoms with van der Waals surface area (Å²) in [6, 6.07) is 9.57. The number of rotatable bonds is 3. The molecule has 1 unspecified atom stereocenters. The van der Waals surface area contributed by atoms with Crippen molar-refractivity contribution in [3.63, 3.8) is 0 Å². The number of aromatic nitrogens is 2. The Morgan fingerprint density at radius 2 is 2.21 bits per heavy atom. The van der Waals surface area contributed by atoms with Gasteiger partial charge in [0, 0.05) is 11.8 Å². The van der Waals surface area contributed by atoms with Crippen molar-refractivity contribution in [1.29, 1.82) is 0 Å². The Bertz CT molecular complexity index is 588. The third kappa shape index (κ3) is 2.66. The Balaban J connectivity index is 1.86. The van der Waals surface area contributed by atoms with E-state index >= 15 is 0 Å². The summed E-state index contributed by atoms with van der Waals surface area (Å²) in [4.78, 5) is 16.4. The number of hydrogen-bond acceptors (Lipinski definition) is 4. The molecule has 2 aromatic rings. The van der Waals surface area contributed by atoms with Crippen LogP contribution in [0.2, 0.25) is 0 Å². The van der Waals surface area contributed by atoms with Crippen LogP contribution >= 0.6 is 0 Å². The summed E-state index contributed by atoms with van der Waals surface area (Å²) in [7, 11) is 0. The fourth-order valence-electron chi connectivity index (χ4n) is 1.83. The second kappa shape index (κ2) is 4.85. The lowest BCUT2D eigenvalue weighted by Crippen LogP contribution is -2.16. The molecule has 98 valence electrons. The van der Waals surface area contributed by atoms with Gasteiger partial charge in [0.1, 0.15) is 18.5 Å². The van der Waals surface area contributed by atoms with E-state index in [0.717, 1.165) is 11.3 Å². The Morgan fingerprint density at radius 1 is 1.47 bits per heavy atom. The highest BCUT2D eigenvalue weighted by molar-refractivity contribution is 5.77. The lowest BCUT2D eigenvalue weighted by atomic mass is 10.2. The van der Waals surface area contributed by atoms with Gasteiger partial charge in [0.25, 0.3) is 0 Å².